The van der Waals surface area contributed by atoms with Gasteiger partial charge in [-0.05, 0) is 37.0 Å². The van der Waals surface area contributed by atoms with Crippen LogP contribution in [0.15, 0.2) is 48.5 Å². The van der Waals surface area contributed by atoms with E-state index < -0.39 is 0 Å². The lowest BCUT2D eigenvalue weighted by Gasteiger charge is -2.34. The molecule has 2 amide bonds. The molecule has 160 valence electrons. The molecule has 1 aliphatic heterocycles. The number of carbonyl (C=O) groups excluding carboxylic acids is 2. The quantitative estimate of drug-likeness (QED) is 0.767. The molecular formula is C25H33N3O2. The minimum atomic E-state index is -0.0132. The van der Waals surface area contributed by atoms with Crippen LogP contribution in [0.5, 0.6) is 0 Å². The number of rotatable bonds is 7. The Kier molecular flexibility index (Phi) is 7.63. The van der Waals surface area contributed by atoms with E-state index in [9.17, 15) is 9.59 Å². The largest absolute Gasteiger partial charge is 0.348 e. The predicted molar refractivity (Wildman–Crippen MR) is 120 cm³/mol. The van der Waals surface area contributed by atoms with Crippen molar-refractivity contribution < 1.29 is 9.59 Å². The Morgan fingerprint density at radius 1 is 0.933 bits per heavy atom. The minimum Gasteiger partial charge on any atom is -0.348 e. The molecule has 2 aromatic carbocycles. The summed E-state index contributed by atoms with van der Waals surface area (Å²) in [5.74, 6) is 0.189. The highest BCUT2D eigenvalue weighted by atomic mass is 16.2. The fraction of sp³-hybridized carbons (Fsp3) is 0.440. The van der Waals surface area contributed by atoms with Gasteiger partial charge in [0.05, 0.1) is 19.0 Å². The van der Waals surface area contributed by atoms with Crippen LogP contribution in [0, 0.1) is 6.92 Å². The second-order valence-corrected chi connectivity index (χ2v) is 8.20. The van der Waals surface area contributed by atoms with Crippen molar-refractivity contribution in [1.82, 2.24) is 15.1 Å². The maximum absolute atomic E-state index is 12.6. The summed E-state index contributed by atoms with van der Waals surface area (Å²) in [4.78, 5) is 29.1. The van der Waals surface area contributed by atoms with Crippen molar-refractivity contribution in [3.05, 3.63) is 70.8 Å². The SMILES string of the molecule is CCc1ccc(C(C)NC(=O)CN2CCN(C(=O)Cc3ccc(C)cc3)CC2)cc1. The molecule has 2 aromatic rings. The van der Waals surface area contributed by atoms with Gasteiger partial charge in [0.1, 0.15) is 0 Å². The van der Waals surface area contributed by atoms with E-state index in [-0.39, 0.29) is 17.9 Å². The summed E-state index contributed by atoms with van der Waals surface area (Å²) in [6.45, 7) is 9.37. The predicted octanol–water partition coefficient (Wildman–Crippen LogP) is 3.12. The van der Waals surface area contributed by atoms with Gasteiger partial charge in [-0.15, -0.1) is 0 Å². The number of aryl methyl sites for hydroxylation is 2. The van der Waals surface area contributed by atoms with Gasteiger partial charge >= 0.3 is 0 Å². The van der Waals surface area contributed by atoms with E-state index in [1.807, 2.05) is 43.0 Å². The number of amides is 2. The molecule has 3 rings (SSSR count). The van der Waals surface area contributed by atoms with Crippen molar-refractivity contribution in [3.8, 4) is 0 Å². The fourth-order valence-electron chi connectivity index (χ4n) is 3.76. The Morgan fingerprint density at radius 3 is 2.13 bits per heavy atom. The molecule has 1 heterocycles. The number of benzene rings is 2. The molecule has 30 heavy (non-hydrogen) atoms. The van der Waals surface area contributed by atoms with E-state index >= 15 is 0 Å². The summed E-state index contributed by atoms with van der Waals surface area (Å²) in [7, 11) is 0. The molecule has 0 radical (unpaired) electrons. The average Bonchev–Trinajstić information content (AvgIpc) is 2.75. The van der Waals surface area contributed by atoms with Crippen LogP contribution in [0.4, 0.5) is 0 Å². The molecule has 1 unspecified atom stereocenters. The molecule has 5 nitrogen and oxygen atoms in total. The Balaban J connectivity index is 1.41. The highest BCUT2D eigenvalue weighted by molar-refractivity contribution is 5.79. The Hall–Kier alpha value is -2.66. The van der Waals surface area contributed by atoms with Crippen molar-refractivity contribution >= 4 is 11.8 Å². The first-order valence-electron chi connectivity index (χ1n) is 10.9. The molecule has 0 aliphatic carbocycles. The Morgan fingerprint density at radius 2 is 1.53 bits per heavy atom. The van der Waals surface area contributed by atoms with Crippen molar-refractivity contribution in [3.63, 3.8) is 0 Å². The van der Waals surface area contributed by atoms with E-state index in [2.05, 4.69) is 41.4 Å². The maximum atomic E-state index is 12.6. The van der Waals surface area contributed by atoms with Crippen molar-refractivity contribution in [2.24, 2.45) is 0 Å². The van der Waals surface area contributed by atoms with Crippen molar-refractivity contribution in [2.45, 2.75) is 39.7 Å². The Labute approximate surface area is 180 Å². The molecule has 1 fully saturated rings. The summed E-state index contributed by atoms with van der Waals surface area (Å²) in [6.07, 6.45) is 1.45. The molecule has 1 N–H and O–H groups in total. The number of nitrogens with one attached hydrogen (secondary N) is 1. The van der Waals surface area contributed by atoms with Crippen molar-refractivity contribution in [1.29, 1.82) is 0 Å². The molecular weight excluding hydrogens is 374 g/mol. The van der Waals surface area contributed by atoms with Gasteiger partial charge in [0.25, 0.3) is 0 Å². The van der Waals surface area contributed by atoms with Crippen LogP contribution in [0.25, 0.3) is 0 Å². The zero-order valence-corrected chi connectivity index (χ0v) is 18.4. The normalized spacial score (nSPS) is 15.6. The lowest BCUT2D eigenvalue weighted by molar-refractivity contribution is -0.132. The lowest BCUT2D eigenvalue weighted by atomic mass is 10.0. The average molecular weight is 408 g/mol. The highest BCUT2D eigenvalue weighted by Crippen LogP contribution is 2.14. The summed E-state index contributed by atoms with van der Waals surface area (Å²) < 4.78 is 0. The van der Waals surface area contributed by atoms with E-state index in [1.54, 1.807) is 0 Å². The van der Waals surface area contributed by atoms with Crippen LogP contribution in [-0.4, -0.2) is 54.3 Å². The number of piperazine rings is 1. The summed E-state index contributed by atoms with van der Waals surface area (Å²) >= 11 is 0. The molecule has 1 aliphatic rings. The van der Waals surface area contributed by atoms with Crippen molar-refractivity contribution in [2.75, 3.05) is 32.7 Å². The molecule has 5 heteroatoms. The Bertz CT molecular complexity index is 838. The lowest BCUT2D eigenvalue weighted by Crippen LogP contribution is -2.51. The zero-order valence-electron chi connectivity index (χ0n) is 18.4. The van der Waals surface area contributed by atoms with Gasteiger partial charge in [0, 0.05) is 26.2 Å². The van der Waals surface area contributed by atoms with Crippen LogP contribution in [0.1, 0.15) is 42.1 Å². The second kappa shape index (κ2) is 10.4. The zero-order chi connectivity index (χ0) is 21.5. The first kappa shape index (κ1) is 22.0. The molecule has 0 bridgehead atoms. The van der Waals surface area contributed by atoms with Gasteiger partial charge in [-0.2, -0.15) is 0 Å². The fourth-order valence-corrected chi connectivity index (χ4v) is 3.76. The molecule has 0 saturated carbocycles. The van der Waals surface area contributed by atoms with Crippen LogP contribution >= 0.6 is 0 Å². The third-order valence-corrected chi connectivity index (χ3v) is 5.83. The van der Waals surface area contributed by atoms with Gasteiger partial charge in [0.15, 0.2) is 0 Å². The minimum absolute atomic E-state index is 0.0132. The monoisotopic (exact) mass is 407 g/mol. The second-order valence-electron chi connectivity index (χ2n) is 8.20. The summed E-state index contributed by atoms with van der Waals surface area (Å²) in [5.41, 5.74) is 4.66. The van der Waals surface area contributed by atoms with E-state index in [0.29, 0.717) is 26.1 Å². The van der Waals surface area contributed by atoms with Crippen LogP contribution < -0.4 is 5.32 Å². The topological polar surface area (TPSA) is 52.7 Å². The van der Waals surface area contributed by atoms with E-state index in [1.165, 1.54) is 11.1 Å². The number of hydrogen-bond acceptors (Lipinski definition) is 3. The number of nitrogens with zero attached hydrogens (tertiary/aromatic N) is 2. The summed E-state index contributed by atoms with van der Waals surface area (Å²) in [6, 6.07) is 16.5. The van der Waals surface area contributed by atoms with Gasteiger partial charge in [-0.3, -0.25) is 14.5 Å². The smallest absolute Gasteiger partial charge is 0.234 e. The van der Waals surface area contributed by atoms with Gasteiger partial charge in [-0.1, -0.05) is 61.0 Å². The van der Waals surface area contributed by atoms with Crippen LogP contribution in [0.2, 0.25) is 0 Å². The van der Waals surface area contributed by atoms with Crippen LogP contribution in [-0.2, 0) is 22.4 Å². The number of carbonyl (C=O) groups is 2. The molecule has 0 spiro atoms. The van der Waals surface area contributed by atoms with Crippen LogP contribution in [0.3, 0.4) is 0 Å². The van der Waals surface area contributed by atoms with Gasteiger partial charge < -0.3 is 10.2 Å². The van der Waals surface area contributed by atoms with E-state index in [4.69, 9.17) is 0 Å². The first-order chi connectivity index (χ1) is 14.4. The van der Waals surface area contributed by atoms with Gasteiger partial charge in [-0.25, -0.2) is 0 Å². The van der Waals surface area contributed by atoms with E-state index in [0.717, 1.165) is 30.6 Å². The standard InChI is InChI=1S/C25H33N3O2/c1-4-21-9-11-23(12-10-21)20(3)26-24(29)18-27-13-15-28(16-14-27)25(30)17-22-7-5-19(2)6-8-22/h5-12,20H,4,13-18H2,1-3H3,(H,26,29). The third-order valence-electron chi connectivity index (χ3n) is 5.83. The first-order valence-corrected chi connectivity index (χ1v) is 10.9. The van der Waals surface area contributed by atoms with Gasteiger partial charge in [0.2, 0.25) is 11.8 Å². The highest BCUT2D eigenvalue weighted by Gasteiger charge is 2.23. The molecule has 0 aromatic heterocycles. The molecule has 1 atom stereocenters. The third kappa shape index (κ3) is 6.17. The summed E-state index contributed by atoms with van der Waals surface area (Å²) in [5, 5.41) is 3.09. The number of hydrogen-bond donors (Lipinski definition) is 1. The maximum Gasteiger partial charge on any atom is 0.234 e. The molecule has 1 saturated heterocycles.